The maximum absolute atomic E-state index is 4.65. The van der Waals surface area contributed by atoms with E-state index < -0.39 is 0 Å². The molecule has 1 aliphatic heterocycles. The molecule has 1 atom stereocenters. The number of rotatable bonds is 4. The van der Waals surface area contributed by atoms with Gasteiger partial charge in [0.25, 0.3) is 0 Å². The number of hydrogen-bond acceptors (Lipinski definition) is 3. The van der Waals surface area contributed by atoms with Crippen LogP contribution < -0.4 is 0 Å². The summed E-state index contributed by atoms with van der Waals surface area (Å²) in [4.78, 5) is 8.51. The molecule has 0 aliphatic carbocycles. The third-order valence-corrected chi connectivity index (χ3v) is 5.18. The van der Waals surface area contributed by atoms with E-state index in [4.69, 9.17) is 0 Å². The summed E-state index contributed by atoms with van der Waals surface area (Å²) in [6.07, 6.45) is 5.81. The summed E-state index contributed by atoms with van der Waals surface area (Å²) < 4.78 is 0. The molecular weight excluding hydrogens is 276 g/mol. The Morgan fingerprint density at radius 3 is 2.81 bits per heavy atom. The number of likely N-dealkylation sites (tertiary alicyclic amines) is 1. The van der Waals surface area contributed by atoms with Gasteiger partial charge in [-0.25, -0.2) is 4.98 Å². The molecule has 0 spiro atoms. The summed E-state index contributed by atoms with van der Waals surface area (Å²) in [5, 5.41) is 1.16. The summed E-state index contributed by atoms with van der Waals surface area (Å²) in [7, 11) is 0. The maximum Gasteiger partial charge on any atom is 0.105 e. The zero-order chi connectivity index (χ0) is 14.5. The Bertz CT molecular complexity index is 570. The molecule has 1 saturated heterocycles. The first-order chi connectivity index (χ1) is 10.4. The molecule has 2 nitrogen and oxygen atoms in total. The summed E-state index contributed by atoms with van der Waals surface area (Å²) in [6.45, 7) is 4.60. The van der Waals surface area contributed by atoms with Crippen LogP contribution in [0.2, 0.25) is 0 Å². The summed E-state index contributed by atoms with van der Waals surface area (Å²) >= 11 is 1.78. The van der Waals surface area contributed by atoms with E-state index in [1.807, 2.05) is 6.20 Å². The molecule has 1 aliphatic rings. The van der Waals surface area contributed by atoms with Gasteiger partial charge in [0.2, 0.25) is 0 Å². The van der Waals surface area contributed by atoms with Crippen molar-refractivity contribution >= 4 is 11.8 Å². The van der Waals surface area contributed by atoms with Crippen molar-refractivity contribution in [2.45, 2.75) is 42.1 Å². The molecule has 3 heteroatoms. The van der Waals surface area contributed by atoms with Crippen molar-refractivity contribution in [1.29, 1.82) is 0 Å². The molecule has 0 N–H and O–H groups in total. The van der Waals surface area contributed by atoms with Crippen LogP contribution >= 0.6 is 11.8 Å². The Morgan fingerprint density at radius 1 is 1.14 bits per heavy atom. The van der Waals surface area contributed by atoms with E-state index in [9.17, 15) is 0 Å². The molecule has 0 bridgehead atoms. The maximum atomic E-state index is 4.65. The first kappa shape index (κ1) is 14.6. The molecule has 21 heavy (non-hydrogen) atoms. The van der Waals surface area contributed by atoms with Crippen molar-refractivity contribution in [3.05, 3.63) is 54.2 Å². The second-order valence-electron chi connectivity index (χ2n) is 5.45. The lowest BCUT2D eigenvalue weighted by molar-refractivity contribution is 0.154. The highest BCUT2D eigenvalue weighted by molar-refractivity contribution is 7.99. The highest BCUT2D eigenvalue weighted by atomic mass is 32.2. The number of benzene rings is 1. The molecule has 0 unspecified atom stereocenters. The van der Waals surface area contributed by atoms with Gasteiger partial charge in [0.05, 0.1) is 0 Å². The van der Waals surface area contributed by atoms with E-state index in [1.165, 1.54) is 36.3 Å². The number of nitrogens with zero attached hydrogens (tertiary/aromatic N) is 2. The molecule has 2 aromatic rings. The van der Waals surface area contributed by atoms with Crippen molar-refractivity contribution in [3.63, 3.8) is 0 Å². The fourth-order valence-electron chi connectivity index (χ4n) is 3.06. The number of hydrogen-bond donors (Lipinski definition) is 0. The van der Waals surface area contributed by atoms with E-state index in [-0.39, 0.29) is 0 Å². The molecule has 0 saturated carbocycles. The highest BCUT2D eigenvalue weighted by Gasteiger charge is 2.25. The minimum atomic E-state index is 0.531. The van der Waals surface area contributed by atoms with Crippen LogP contribution in [-0.2, 0) is 0 Å². The average Bonchev–Trinajstić information content (AvgIpc) is 2.56. The summed E-state index contributed by atoms with van der Waals surface area (Å²) in [5.74, 6) is 0. The predicted molar refractivity (Wildman–Crippen MR) is 88.6 cm³/mol. The molecule has 3 rings (SSSR count). The Hall–Kier alpha value is -1.32. The van der Waals surface area contributed by atoms with Crippen molar-refractivity contribution in [2.24, 2.45) is 0 Å². The normalized spacial score (nSPS) is 19.6. The van der Waals surface area contributed by atoms with E-state index in [1.54, 1.807) is 11.8 Å². The molecule has 1 aromatic carbocycles. The minimum Gasteiger partial charge on any atom is -0.297 e. The Balaban J connectivity index is 1.88. The van der Waals surface area contributed by atoms with Gasteiger partial charge >= 0.3 is 0 Å². The van der Waals surface area contributed by atoms with Gasteiger partial charge in [-0.05, 0) is 44.1 Å². The van der Waals surface area contributed by atoms with E-state index in [2.05, 4.69) is 59.3 Å². The van der Waals surface area contributed by atoms with E-state index >= 15 is 0 Å². The molecule has 1 fully saturated rings. The van der Waals surface area contributed by atoms with Crippen LogP contribution in [0.5, 0.6) is 0 Å². The number of pyridine rings is 1. The fraction of sp³-hybridized carbons (Fsp3) is 0.389. The average molecular weight is 298 g/mol. The van der Waals surface area contributed by atoms with Crippen LogP contribution in [0, 0.1) is 0 Å². The predicted octanol–water partition coefficient (Wildman–Crippen LogP) is 4.78. The monoisotopic (exact) mass is 298 g/mol. The zero-order valence-electron chi connectivity index (χ0n) is 12.5. The largest absolute Gasteiger partial charge is 0.297 e. The molecule has 2 heterocycles. The van der Waals surface area contributed by atoms with Gasteiger partial charge in [-0.2, -0.15) is 0 Å². The first-order valence-corrected chi connectivity index (χ1v) is 8.62. The standard InChI is InChI=1S/C18H22N2S/c1-2-20-14-7-6-12-17(20)16-11-8-13-19-18(16)21-15-9-4-3-5-10-15/h3-5,8-11,13,17H,2,6-7,12,14H2,1H3/t17-/m0/s1. The minimum absolute atomic E-state index is 0.531. The second kappa shape index (κ2) is 7.10. The van der Waals surface area contributed by atoms with Crippen LogP contribution in [0.3, 0.4) is 0 Å². The quantitative estimate of drug-likeness (QED) is 0.808. The van der Waals surface area contributed by atoms with E-state index in [0.29, 0.717) is 6.04 Å². The van der Waals surface area contributed by atoms with Gasteiger partial charge in [0.1, 0.15) is 5.03 Å². The Labute approximate surface area is 131 Å². The van der Waals surface area contributed by atoms with Crippen LogP contribution in [0.25, 0.3) is 0 Å². The Kier molecular flexibility index (Phi) is 4.94. The van der Waals surface area contributed by atoms with Gasteiger partial charge < -0.3 is 0 Å². The van der Waals surface area contributed by atoms with Gasteiger partial charge in [-0.3, -0.25) is 4.90 Å². The highest BCUT2D eigenvalue weighted by Crippen LogP contribution is 2.37. The van der Waals surface area contributed by atoms with Crippen molar-refractivity contribution in [2.75, 3.05) is 13.1 Å². The van der Waals surface area contributed by atoms with Gasteiger partial charge in [0.15, 0.2) is 0 Å². The molecule has 1 aromatic heterocycles. The van der Waals surface area contributed by atoms with Crippen molar-refractivity contribution in [3.8, 4) is 0 Å². The molecule has 0 radical (unpaired) electrons. The van der Waals surface area contributed by atoms with Crippen LogP contribution in [0.15, 0.2) is 58.6 Å². The van der Waals surface area contributed by atoms with Gasteiger partial charge in [-0.1, -0.05) is 49.4 Å². The SMILES string of the molecule is CCN1CCCC[C@H]1c1cccnc1Sc1ccccc1. The first-order valence-electron chi connectivity index (χ1n) is 7.80. The Morgan fingerprint density at radius 2 is 2.00 bits per heavy atom. The van der Waals surface area contributed by atoms with Crippen LogP contribution in [-0.4, -0.2) is 23.0 Å². The third kappa shape index (κ3) is 3.47. The topological polar surface area (TPSA) is 16.1 Å². The van der Waals surface area contributed by atoms with E-state index in [0.717, 1.165) is 11.6 Å². The summed E-state index contributed by atoms with van der Waals surface area (Å²) in [6, 6.07) is 15.4. The van der Waals surface area contributed by atoms with Crippen molar-refractivity contribution in [1.82, 2.24) is 9.88 Å². The van der Waals surface area contributed by atoms with Crippen molar-refractivity contribution < 1.29 is 0 Å². The number of piperidine rings is 1. The van der Waals surface area contributed by atoms with Crippen LogP contribution in [0.1, 0.15) is 37.8 Å². The zero-order valence-corrected chi connectivity index (χ0v) is 13.4. The lowest BCUT2D eigenvalue weighted by Crippen LogP contribution is -2.33. The summed E-state index contributed by atoms with van der Waals surface area (Å²) in [5.41, 5.74) is 1.40. The molecular formula is C18H22N2S. The van der Waals surface area contributed by atoms with Crippen LogP contribution in [0.4, 0.5) is 0 Å². The lowest BCUT2D eigenvalue weighted by atomic mass is 9.96. The smallest absolute Gasteiger partial charge is 0.105 e. The molecule has 110 valence electrons. The van der Waals surface area contributed by atoms with Gasteiger partial charge in [-0.15, -0.1) is 0 Å². The third-order valence-electron chi connectivity index (χ3n) is 4.14. The second-order valence-corrected chi connectivity index (χ2v) is 6.52. The molecule has 0 amide bonds. The van der Waals surface area contributed by atoms with Gasteiger partial charge in [0, 0.05) is 22.7 Å². The number of aromatic nitrogens is 1. The lowest BCUT2D eigenvalue weighted by Gasteiger charge is -2.35. The fourth-order valence-corrected chi connectivity index (χ4v) is 4.02.